The zero-order chi connectivity index (χ0) is 14.6. The van der Waals surface area contributed by atoms with E-state index in [1.165, 1.54) is 0 Å². The molecule has 1 rings (SSSR count). The predicted octanol–water partition coefficient (Wildman–Crippen LogP) is 2.63. The van der Waals surface area contributed by atoms with Gasteiger partial charge >= 0.3 is 0 Å². The monoisotopic (exact) mass is 263 g/mol. The molecule has 4 heteroatoms. The van der Waals surface area contributed by atoms with Crippen LogP contribution in [0.25, 0.3) is 0 Å². The summed E-state index contributed by atoms with van der Waals surface area (Å²) in [6, 6.07) is 1.68. The van der Waals surface area contributed by atoms with E-state index in [0.29, 0.717) is 41.2 Å². The van der Waals surface area contributed by atoms with Gasteiger partial charge in [-0.2, -0.15) is 0 Å². The SMILES string of the molecule is Cc1ncc(N)cc1C(=O)NCC(C(C)C)C(C)C. The van der Waals surface area contributed by atoms with Crippen LogP contribution in [-0.2, 0) is 0 Å². The summed E-state index contributed by atoms with van der Waals surface area (Å²) in [7, 11) is 0. The highest BCUT2D eigenvalue weighted by molar-refractivity contribution is 5.95. The lowest BCUT2D eigenvalue weighted by Crippen LogP contribution is -2.34. The van der Waals surface area contributed by atoms with Gasteiger partial charge < -0.3 is 11.1 Å². The van der Waals surface area contributed by atoms with Gasteiger partial charge in [0.2, 0.25) is 0 Å². The van der Waals surface area contributed by atoms with Crippen molar-refractivity contribution in [3.05, 3.63) is 23.5 Å². The molecular formula is C15H25N3O. The number of rotatable bonds is 5. The third-order valence-electron chi connectivity index (χ3n) is 3.56. The van der Waals surface area contributed by atoms with Crippen molar-refractivity contribution < 1.29 is 4.79 Å². The number of pyridine rings is 1. The highest BCUT2D eigenvalue weighted by Gasteiger charge is 2.19. The Kier molecular flexibility index (Phi) is 5.33. The summed E-state index contributed by atoms with van der Waals surface area (Å²) in [4.78, 5) is 16.3. The standard InChI is InChI=1S/C15H25N3O/c1-9(2)14(10(3)4)8-18-15(19)13-6-12(16)7-17-11(13)5/h6-7,9-10,14H,8,16H2,1-5H3,(H,18,19). The molecular weight excluding hydrogens is 238 g/mol. The zero-order valence-electron chi connectivity index (χ0n) is 12.5. The van der Waals surface area contributed by atoms with Gasteiger partial charge in [-0.3, -0.25) is 9.78 Å². The minimum atomic E-state index is -0.0939. The molecule has 4 nitrogen and oxygen atoms in total. The second-order valence-electron chi connectivity index (χ2n) is 5.76. The third-order valence-corrected chi connectivity index (χ3v) is 3.56. The highest BCUT2D eigenvalue weighted by Crippen LogP contribution is 2.19. The van der Waals surface area contributed by atoms with E-state index in [9.17, 15) is 4.79 Å². The lowest BCUT2D eigenvalue weighted by molar-refractivity contribution is 0.0936. The summed E-state index contributed by atoms with van der Waals surface area (Å²) in [5.41, 5.74) is 7.46. The number of hydrogen-bond donors (Lipinski definition) is 2. The molecule has 0 saturated heterocycles. The first kappa shape index (κ1) is 15.5. The number of anilines is 1. The van der Waals surface area contributed by atoms with E-state index in [1.54, 1.807) is 12.3 Å². The van der Waals surface area contributed by atoms with Crippen LogP contribution in [0.1, 0.15) is 43.7 Å². The number of nitrogen functional groups attached to an aromatic ring is 1. The number of nitrogens with two attached hydrogens (primary N) is 1. The topological polar surface area (TPSA) is 68.0 Å². The van der Waals surface area contributed by atoms with Crippen LogP contribution in [0.5, 0.6) is 0 Å². The summed E-state index contributed by atoms with van der Waals surface area (Å²) in [6.45, 7) is 11.2. The van der Waals surface area contributed by atoms with Crippen molar-refractivity contribution in [2.45, 2.75) is 34.6 Å². The summed E-state index contributed by atoms with van der Waals surface area (Å²) >= 11 is 0. The number of nitrogens with zero attached hydrogens (tertiary/aromatic N) is 1. The Bertz CT molecular complexity index is 433. The number of aromatic nitrogens is 1. The van der Waals surface area contributed by atoms with Crippen molar-refractivity contribution in [1.82, 2.24) is 10.3 Å². The van der Waals surface area contributed by atoms with Crippen molar-refractivity contribution in [3.63, 3.8) is 0 Å². The quantitative estimate of drug-likeness (QED) is 0.858. The van der Waals surface area contributed by atoms with Crippen LogP contribution in [0.4, 0.5) is 5.69 Å². The average molecular weight is 263 g/mol. The smallest absolute Gasteiger partial charge is 0.253 e. The molecule has 19 heavy (non-hydrogen) atoms. The van der Waals surface area contributed by atoms with E-state index in [2.05, 4.69) is 38.0 Å². The molecule has 3 N–H and O–H groups in total. The van der Waals surface area contributed by atoms with E-state index in [4.69, 9.17) is 5.73 Å². The van der Waals surface area contributed by atoms with Gasteiger partial charge in [0.25, 0.3) is 5.91 Å². The van der Waals surface area contributed by atoms with E-state index >= 15 is 0 Å². The fraction of sp³-hybridized carbons (Fsp3) is 0.600. The van der Waals surface area contributed by atoms with Gasteiger partial charge in [0.15, 0.2) is 0 Å². The molecule has 0 bridgehead atoms. The second-order valence-corrected chi connectivity index (χ2v) is 5.76. The van der Waals surface area contributed by atoms with Crippen molar-refractivity contribution in [2.75, 3.05) is 12.3 Å². The van der Waals surface area contributed by atoms with Crippen molar-refractivity contribution in [1.29, 1.82) is 0 Å². The second kappa shape index (κ2) is 6.55. The van der Waals surface area contributed by atoms with Gasteiger partial charge in [-0.25, -0.2) is 0 Å². The van der Waals surface area contributed by atoms with Crippen LogP contribution < -0.4 is 11.1 Å². The maximum Gasteiger partial charge on any atom is 0.253 e. The van der Waals surface area contributed by atoms with Crippen LogP contribution in [-0.4, -0.2) is 17.4 Å². The van der Waals surface area contributed by atoms with Gasteiger partial charge in [0.05, 0.1) is 23.1 Å². The Hall–Kier alpha value is -1.58. The van der Waals surface area contributed by atoms with E-state index in [0.717, 1.165) is 0 Å². The molecule has 0 spiro atoms. The lowest BCUT2D eigenvalue weighted by Gasteiger charge is -2.25. The molecule has 1 aromatic rings. The van der Waals surface area contributed by atoms with Crippen LogP contribution in [0.15, 0.2) is 12.3 Å². The molecule has 106 valence electrons. The predicted molar refractivity (Wildman–Crippen MR) is 78.9 cm³/mol. The first-order valence-electron chi connectivity index (χ1n) is 6.83. The first-order valence-corrected chi connectivity index (χ1v) is 6.83. The maximum absolute atomic E-state index is 12.2. The molecule has 1 heterocycles. The third kappa shape index (κ3) is 4.23. The highest BCUT2D eigenvalue weighted by atomic mass is 16.1. The fourth-order valence-electron chi connectivity index (χ4n) is 2.33. The molecule has 1 amide bonds. The lowest BCUT2D eigenvalue weighted by atomic mass is 9.85. The molecule has 0 atom stereocenters. The average Bonchev–Trinajstić information content (AvgIpc) is 2.31. The molecule has 0 fully saturated rings. The van der Waals surface area contributed by atoms with Crippen molar-refractivity contribution in [3.8, 4) is 0 Å². The minimum Gasteiger partial charge on any atom is -0.397 e. The van der Waals surface area contributed by atoms with Crippen LogP contribution in [0.3, 0.4) is 0 Å². The number of carbonyl (C=O) groups excluding carboxylic acids is 1. The molecule has 0 aliphatic rings. The molecule has 0 radical (unpaired) electrons. The Morgan fingerprint density at radius 2 is 1.89 bits per heavy atom. The fourth-order valence-corrected chi connectivity index (χ4v) is 2.33. The summed E-state index contributed by atoms with van der Waals surface area (Å²) < 4.78 is 0. The molecule has 0 aliphatic carbocycles. The van der Waals surface area contributed by atoms with Gasteiger partial charge in [0, 0.05) is 6.54 Å². The largest absolute Gasteiger partial charge is 0.397 e. The van der Waals surface area contributed by atoms with E-state index in [-0.39, 0.29) is 5.91 Å². The van der Waals surface area contributed by atoms with E-state index < -0.39 is 0 Å². The summed E-state index contributed by atoms with van der Waals surface area (Å²) in [5, 5.41) is 3.00. The number of nitrogens with one attached hydrogen (secondary N) is 1. The Morgan fingerprint density at radius 1 is 1.32 bits per heavy atom. The van der Waals surface area contributed by atoms with Gasteiger partial charge in [-0.15, -0.1) is 0 Å². The van der Waals surface area contributed by atoms with Crippen LogP contribution in [0, 0.1) is 24.7 Å². The normalized spacial score (nSPS) is 11.4. The minimum absolute atomic E-state index is 0.0939. The number of carbonyl (C=O) groups is 1. The van der Waals surface area contributed by atoms with Crippen molar-refractivity contribution >= 4 is 11.6 Å². The Balaban J connectivity index is 2.72. The molecule has 1 aromatic heterocycles. The van der Waals surface area contributed by atoms with Crippen LogP contribution in [0.2, 0.25) is 0 Å². The van der Waals surface area contributed by atoms with E-state index in [1.807, 2.05) is 6.92 Å². The Morgan fingerprint density at radius 3 is 2.42 bits per heavy atom. The van der Waals surface area contributed by atoms with Gasteiger partial charge in [-0.05, 0) is 30.7 Å². The molecule has 0 aromatic carbocycles. The summed E-state index contributed by atoms with van der Waals surface area (Å²) in [6.07, 6.45) is 1.57. The molecule has 0 unspecified atom stereocenters. The molecule has 0 saturated carbocycles. The maximum atomic E-state index is 12.2. The number of amides is 1. The number of hydrogen-bond acceptors (Lipinski definition) is 3. The van der Waals surface area contributed by atoms with Gasteiger partial charge in [-0.1, -0.05) is 27.7 Å². The number of aryl methyl sites for hydroxylation is 1. The van der Waals surface area contributed by atoms with Crippen molar-refractivity contribution in [2.24, 2.45) is 17.8 Å². The molecule has 0 aliphatic heterocycles. The van der Waals surface area contributed by atoms with Crippen LogP contribution >= 0.6 is 0 Å². The summed E-state index contributed by atoms with van der Waals surface area (Å²) in [5.74, 6) is 1.46. The first-order chi connectivity index (χ1) is 8.82. The van der Waals surface area contributed by atoms with Gasteiger partial charge in [0.1, 0.15) is 0 Å². The zero-order valence-corrected chi connectivity index (χ0v) is 12.5. The Labute approximate surface area is 115 Å².